The number of esters is 1. The van der Waals surface area contributed by atoms with E-state index in [9.17, 15) is 4.79 Å². The quantitative estimate of drug-likeness (QED) is 0.448. The minimum absolute atomic E-state index is 0.258. The Kier molecular flexibility index (Phi) is 6.09. The van der Waals surface area contributed by atoms with Gasteiger partial charge < -0.3 is 4.74 Å². The fourth-order valence-corrected chi connectivity index (χ4v) is 3.02. The molecule has 0 saturated carbocycles. The van der Waals surface area contributed by atoms with Crippen LogP contribution in [0.25, 0.3) is 6.08 Å². The van der Waals surface area contributed by atoms with Crippen molar-refractivity contribution < 1.29 is 9.53 Å². The van der Waals surface area contributed by atoms with Gasteiger partial charge in [0.15, 0.2) is 0 Å². The first-order chi connectivity index (χ1) is 13.0. The predicted molar refractivity (Wildman–Crippen MR) is 108 cm³/mol. The van der Waals surface area contributed by atoms with Crippen LogP contribution in [-0.2, 0) is 22.7 Å². The van der Waals surface area contributed by atoms with Crippen LogP contribution in [-0.4, -0.2) is 15.7 Å². The Morgan fingerprint density at radius 1 is 1.11 bits per heavy atom. The molecule has 1 heterocycles. The number of aromatic nitrogens is 2. The van der Waals surface area contributed by atoms with Crippen LogP contribution in [0.5, 0.6) is 0 Å². The van der Waals surface area contributed by atoms with Crippen molar-refractivity contribution in [3.05, 3.63) is 93.8 Å². The van der Waals surface area contributed by atoms with Crippen LogP contribution in [0.2, 0.25) is 5.02 Å². The number of carbonyl (C=O) groups excluding carboxylic acids is 1. The second kappa shape index (κ2) is 8.69. The van der Waals surface area contributed by atoms with Gasteiger partial charge in [-0.25, -0.2) is 4.79 Å². The zero-order chi connectivity index (χ0) is 19.2. The molecule has 27 heavy (non-hydrogen) atoms. The van der Waals surface area contributed by atoms with Gasteiger partial charge in [0.1, 0.15) is 6.61 Å². The van der Waals surface area contributed by atoms with E-state index in [-0.39, 0.29) is 12.6 Å². The number of hydrogen-bond donors (Lipinski definition) is 0. The molecule has 0 bridgehead atoms. The smallest absolute Gasteiger partial charge is 0.331 e. The third-order valence-electron chi connectivity index (χ3n) is 4.33. The van der Waals surface area contributed by atoms with E-state index in [1.54, 1.807) is 6.08 Å². The highest BCUT2D eigenvalue weighted by Crippen LogP contribution is 2.20. The lowest BCUT2D eigenvalue weighted by molar-refractivity contribution is -0.138. The first-order valence-corrected chi connectivity index (χ1v) is 9.08. The molecule has 4 nitrogen and oxygen atoms in total. The van der Waals surface area contributed by atoms with Crippen LogP contribution in [0.4, 0.5) is 0 Å². The van der Waals surface area contributed by atoms with Crippen LogP contribution in [0, 0.1) is 13.8 Å². The van der Waals surface area contributed by atoms with Crippen molar-refractivity contribution in [3.8, 4) is 0 Å². The third kappa shape index (κ3) is 4.86. The van der Waals surface area contributed by atoms with Crippen molar-refractivity contribution in [3.63, 3.8) is 0 Å². The summed E-state index contributed by atoms with van der Waals surface area (Å²) in [7, 11) is 0. The number of ether oxygens (including phenoxy) is 1. The van der Waals surface area contributed by atoms with Gasteiger partial charge in [-0.15, -0.1) is 0 Å². The highest BCUT2D eigenvalue weighted by Gasteiger charge is 2.11. The van der Waals surface area contributed by atoms with Crippen molar-refractivity contribution in [1.82, 2.24) is 9.78 Å². The van der Waals surface area contributed by atoms with Gasteiger partial charge in [-0.2, -0.15) is 5.10 Å². The normalized spacial score (nSPS) is 11.1. The molecule has 1 aromatic heterocycles. The molecule has 0 aliphatic heterocycles. The number of carbonyl (C=O) groups is 1. The fraction of sp³-hybridized carbons (Fsp3) is 0.182. The van der Waals surface area contributed by atoms with Gasteiger partial charge in [0.25, 0.3) is 0 Å². The van der Waals surface area contributed by atoms with Gasteiger partial charge in [0.2, 0.25) is 0 Å². The number of halogens is 1. The molecular formula is C22H21ClN2O2. The van der Waals surface area contributed by atoms with Crippen molar-refractivity contribution in [1.29, 1.82) is 0 Å². The number of hydrogen-bond acceptors (Lipinski definition) is 3. The Bertz CT molecular complexity index is 962. The summed E-state index contributed by atoms with van der Waals surface area (Å²) in [5.41, 5.74) is 4.70. The molecule has 2 aromatic carbocycles. The van der Waals surface area contributed by atoms with Crippen molar-refractivity contribution in [2.75, 3.05) is 0 Å². The third-order valence-corrected chi connectivity index (χ3v) is 4.69. The van der Waals surface area contributed by atoms with Crippen molar-refractivity contribution in [2.45, 2.75) is 27.0 Å². The first kappa shape index (κ1) is 18.9. The second-order valence-corrected chi connectivity index (χ2v) is 6.67. The van der Waals surface area contributed by atoms with Gasteiger partial charge in [-0.1, -0.05) is 60.1 Å². The average Bonchev–Trinajstić information content (AvgIpc) is 2.94. The Morgan fingerprint density at radius 2 is 1.81 bits per heavy atom. The Labute approximate surface area is 164 Å². The van der Waals surface area contributed by atoms with E-state index < -0.39 is 0 Å². The average molecular weight is 381 g/mol. The highest BCUT2D eigenvalue weighted by atomic mass is 35.5. The number of aryl methyl sites for hydroxylation is 1. The zero-order valence-electron chi connectivity index (χ0n) is 15.4. The summed E-state index contributed by atoms with van der Waals surface area (Å²) in [6.45, 7) is 4.74. The maximum atomic E-state index is 12.0. The van der Waals surface area contributed by atoms with Gasteiger partial charge in [0, 0.05) is 22.4 Å². The Balaban J connectivity index is 1.68. The van der Waals surface area contributed by atoms with Gasteiger partial charge in [0.05, 0.1) is 12.2 Å². The lowest BCUT2D eigenvalue weighted by Crippen LogP contribution is -2.04. The predicted octanol–water partition coefficient (Wildman–Crippen LogP) is 4.96. The largest absolute Gasteiger partial charge is 0.458 e. The molecule has 0 saturated heterocycles. The fourth-order valence-electron chi connectivity index (χ4n) is 2.82. The molecule has 0 radical (unpaired) electrons. The van der Waals surface area contributed by atoms with Gasteiger partial charge in [-0.3, -0.25) is 4.68 Å². The number of nitrogens with zero attached hydrogens (tertiary/aromatic N) is 2. The minimum atomic E-state index is -0.378. The van der Waals surface area contributed by atoms with Gasteiger partial charge >= 0.3 is 5.97 Å². The zero-order valence-corrected chi connectivity index (χ0v) is 16.1. The molecule has 0 spiro atoms. The topological polar surface area (TPSA) is 44.1 Å². The Morgan fingerprint density at radius 3 is 2.56 bits per heavy atom. The number of rotatable bonds is 6. The van der Waals surface area contributed by atoms with Gasteiger partial charge in [-0.05, 0) is 37.1 Å². The lowest BCUT2D eigenvalue weighted by Gasteiger charge is -2.06. The highest BCUT2D eigenvalue weighted by molar-refractivity contribution is 6.31. The molecule has 3 rings (SSSR count). The summed E-state index contributed by atoms with van der Waals surface area (Å²) in [5.74, 6) is -0.378. The monoisotopic (exact) mass is 380 g/mol. The number of benzene rings is 2. The maximum Gasteiger partial charge on any atom is 0.331 e. The van der Waals surface area contributed by atoms with Crippen LogP contribution in [0.1, 0.15) is 28.1 Å². The SMILES string of the molecule is Cc1nn(Cc2ccccc2Cl)c(C)c1/C=C/C(=O)OCc1ccccc1. The molecule has 0 fully saturated rings. The molecule has 0 aliphatic carbocycles. The van der Waals surface area contributed by atoms with E-state index >= 15 is 0 Å². The van der Waals surface area contributed by atoms with Crippen LogP contribution < -0.4 is 0 Å². The van der Waals surface area contributed by atoms with E-state index in [4.69, 9.17) is 16.3 Å². The molecule has 0 aliphatic rings. The summed E-state index contributed by atoms with van der Waals surface area (Å²) in [4.78, 5) is 12.0. The molecule has 0 N–H and O–H groups in total. The second-order valence-electron chi connectivity index (χ2n) is 6.26. The van der Waals surface area contributed by atoms with E-state index in [1.807, 2.05) is 73.1 Å². The molecule has 0 amide bonds. The van der Waals surface area contributed by atoms with Crippen LogP contribution in [0.3, 0.4) is 0 Å². The molecule has 0 atom stereocenters. The van der Waals surface area contributed by atoms with Crippen LogP contribution >= 0.6 is 11.6 Å². The minimum Gasteiger partial charge on any atom is -0.458 e. The molecule has 138 valence electrons. The lowest BCUT2D eigenvalue weighted by atomic mass is 10.1. The summed E-state index contributed by atoms with van der Waals surface area (Å²) in [6.07, 6.45) is 3.20. The molecule has 5 heteroatoms. The molecular weight excluding hydrogens is 360 g/mol. The summed E-state index contributed by atoms with van der Waals surface area (Å²) in [5, 5.41) is 5.29. The van der Waals surface area contributed by atoms with E-state index in [1.165, 1.54) is 6.08 Å². The van der Waals surface area contributed by atoms with Crippen molar-refractivity contribution >= 4 is 23.6 Å². The van der Waals surface area contributed by atoms with Crippen LogP contribution in [0.15, 0.2) is 60.7 Å². The molecule has 0 unspecified atom stereocenters. The summed E-state index contributed by atoms with van der Waals surface area (Å²) in [6, 6.07) is 17.3. The van der Waals surface area contributed by atoms with E-state index in [0.29, 0.717) is 11.6 Å². The maximum absolute atomic E-state index is 12.0. The Hall–Kier alpha value is -2.85. The van der Waals surface area contributed by atoms with E-state index in [0.717, 1.165) is 28.1 Å². The summed E-state index contributed by atoms with van der Waals surface area (Å²) >= 11 is 6.24. The first-order valence-electron chi connectivity index (χ1n) is 8.71. The van der Waals surface area contributed by atoms with E-state index in [2.05, 4.69) is 5.10 Å². The molecule has 3 aromatic rings. The van der Waals surface area contributed by atoms with Crippen molar-refractivity contribution in [2.24, 2.45) is 0 Å². The standard InChI is InChI=1S/C22H21ClN2O2/c1-16-20(12-13-22(26)27-15-18-8-4-3-5-9-18)17(2)25(24-16)14-19-10-6-7-11-21(19)23/h3-13H,14-15H2,1-2H3/b13-12+. The summed E-state index contributed by atoms with van der Waals surface area (Å²) < 4.78 is 7.17.